The third kappa shape index (κ3) is 3.17. The third-order valence-corrected chi connectivity index (χ3v) is 3.08. The molecule has 0 saturated carbocycles. The highest BCUT2D eigenvalue weighted by Gasteiger charge is 2.13. The Morgan fingerprint density at radius 1 is 1.30 bits per heavy atom. The molecule has 0 bridgehead atoms. The van der Waals surface area contributed by atoms with E-state index in [1.54, 1.807) is 10.8 Å². The number of amides is 1. The van der Waals surface area contributed by atoms with E-state index < -0.39 is 0 Å². The minimum Gasteiger partial charge on any atom is -0.326 e. The fourth-order valence-corrected chi connectivity index (χ4v) is 2.12. The number of hydrogen-bond acceptors (Lipinski definition) is 2. The van der Waals surface area contributed by atoms with E-state index in [1.807, 2.05) is 45.0 Å². The molecule has 20 heavy (non-hydrogen) atoms. The van der Waals surface area contributed by atoms with Gasteiger partial charge in [0.2, 0.25) is 5.91 Å². The van der Waals surface area contributed by atoms with Crippen LogP contribution < -0.4 is 11.0 Å². The van der Waals surface area contributed by atoms with Crippen molar-refractivity contribution in [2.75, 3.05) is 5.32 Å². The third-order valence-electron chi connectivity index (χ3n) is 3.08. The van der Waals surface area contributed by atoms with Gasteiger partial charge in [-0.25, -0.2) is 4.79 Å². The number of aromatic amines is 1. The van der Waals surface area contributed by atoms with Crippen LogP contribution in [-0.2, 0) is 11.2 Å². The summed E-state index contributed by atoms with van der Waals surface area (Å²) in [5.74, 6) is -0.137. The van der Waals surface area contributed by atoms with Gasteiger partial charge in [-0.3, -0.25) is 9.36 Å². The minimum atomic E-state index is -0.182. The molecule has 2 rings (SSSR count). The van der Waals surface area contributed by atoms with Crippen molar-refractivity contribution in [2.24, 2.45) is 0 Å². The second-order valence-corrected chi connectivity index (χ2v) is 5.14. The summed E-state index contributed by atoms with van der Waals surface area (Å²) >= 11 is 0. The van der Waals surface area contributed by atoms with E-state index in [-0.39, 0.29) is 24.1 Å². The highest BCUT2D eigenvalue weighted by molar-refractivity contribution is 5.92. The molecule has 2 N–H and O–H groups in total. The summed E-state index contributed by atoms with van der Waals surface area (Å²) in [7, 11) is 0. The number of anilines is 1. The van der Waals surface area contributed by atoms with Crippen molar-refractivity contribution >= 4 is 11.6 Å². The molecule has 0 fully saturated rings. The Morgan fingerprint density at radius 2 is 1.95 bits per heavy atom. The molecule has 5 heteroatoms. The topological polar surface area (TPSA) is 66.9 Å². The van der Waals surface area contributed by atoms with Crippen molar-refractivity contribution in [2.45, 2.75) is 33.2 Å². The number of carbonyl (C=O) groups is 1. The van der Waals surface area contributed by atoms with Gasteiger partial charge in [0, 0.05) is 23.6 Å². The maximum atomic E-state index is 12.0. The smallest absolute Gasteiger partial charge is 0.325 e. The van der Waals surface area contributed by atoms with Crippen LogP contribution in [0.3, 0.4) is 0 Å². The van der Waals surface area contributed by atoms with Crippen LogP contribution in [0.15, 0.2) is 35.3 Å². The van der Waals surface area contributed by atoms with Gasteiger partial charge in [-0.05, 0) is 32.9 Å². The molecular weight excluding hydrogens is 254 g/mol. The predicted molar refractivity (Wildman–Crippen MR) is 79.0 cm³/mol. The number of nitrogens with one attached hydrogen (secondary N) is 2. The molecule has 1 amide bonds. The molecule has 0 aliphatic rings. The van der Waals surface area contributed by atoms with Crippen molar-refractivity contribution in [1.29, 1.82) is 0 Å². The minimum absolute atomic E-state index is 0.0240. The molecule has 1 aromatic carbocycles. The molecule has 0 aliphatic carbocycles. The lowest BCUT2D eigenvalue weighted by molar-refractivity contribution is -0.115. The molecule has 5 nitrogen and oxygen atoms in total. The van der Waals surface area contributed by atoms with E-state index >= 15 is 0 Å². The van der Waals surface area contributed by atoms with Crippen molar-refractivity contribution in [3.63, 3.8) is 0 Å². The van der Waals surface area contributed by atoms with Gasteiger partial charge < -0.3 is 10.3 Å². The molecule has 0 unspecified atom stereocenters. The number of hydrogen-bond donors (Lipinski definition) is 2. The number of benzene rings is 1. The summed E-state index contributed by atoms with van der Waals surface area (Å²) in [5, 5.41) is 2.82. The average Bonchev–Trinajstić information content (AvgIpc) is 2.73. The molecule has 1 aromatic heterocycles. The molecule has 2 aromatic rings. The maximum absolute atomic E-state index is 12.0. The molecule has 0 atom stereocenters. The zero-order chi connectivity index (χ0) is 14.7. The van der Waals surface area contributed by atoms with Gasteiger partial charge in [-0.15, -0.1) is 0 Å². The largest absolute Gasteiger partial charge is 0.326 e. The lowest BCUT2D eigenvalue weighted by Gasteiger charge is -2.11. The van der Waals surface area contributed by atoms with E-state index in [9.17, 15) is 9.59 Å². The quantitative estimate of drug-likeness (QED) is 0.897. The Bertz CT molecular complexity index is 651. The Balaban J connectivity index is 2.09. The van der Waals surface area contributed by atoms with Crippen LogP contribution in [0.4, 0.5) is 5.69 Å². The monoisotopic (exact) mass is 273 g/mol. The van der Waals surface area contributed by atoms with Crippen LogP contribution in [0.25, 0.3) is 0 Å². The first-order chi connectivity index (χ1) is 9.47. The zero-order valence-electron chi connectivity index (χ0n) is 11.9. The molecule has 1 heterocycles. The Kier molecular flexibility index (Phi) is 4.08. The average molecular weight is 273 g/mol. The Hall–Kier alpha value is -2.30. The van der Waals surface area contributed by atoms with Gasteiger partial charge in [-0.2, -0.15) is 0 Å². The first kappa shape index (κ1) is 14.1. The molecule has 0 radical (unpaired) electrons. The summed E-state index contributed by atoms with van der Waals surface area (Å²) in [6, 6.07) is 7.63. The first-order valence-electron chi connectivity index (χ1n) is 6.62. The van der Waals surface area contributed by atoms with Crippen molar-refractivity contribution in [3.05, 3.63) is 52.2 Å². The highest BCUT2D eigenvalue weighted by Crippen LogP contribution is 2.10. The second-order valence-electron chi connectivity index (χ2n) is 5.14. The van der Waals surface area contributed by atoms with Gasteiger partial charge in [0.25, 0.3) is 0 Å². The van der Waals surface area contributed by atoms with Crippen molar-refractivity contribution in [1.82, 2.24) is 9.55 Å². The van der Waals surface area contributed by atoms with Crippen LogP contribution >= 0.6 is 0 Å². The van der Waals surface area contributed by atoms with Gasteiger partial charge in [-0.1, -0.05) is 17.7 Å². The van der Waals surface area contributed by atoms with E-state index in [1.165, 1.54) is 0 Å². The molecule has 106 valence electrons. The van der Waals surface area contributed by atoms with Gasteiger partial charge in [0.15, 0.2) is 0 Å². The van der Waals surface area contributed by atoms with Crippen LogP contribution in [0.1, 0.15) is 31.1 Å². The van der Waals surface area contributed by atoms with Crippen molar-refractivity contribution < 1.29 is 4.79 Å². The maximum Gasteiger partial charge on any atom is 0.325 e. The second kappa shape index (κ2) is 5.77. The summed E-state index contributed by atoms with van der Waals surface area (Å²) in [5.41, 5.74) is 2.41. The van der Waals surface area contributed by atoms with Gasteiger partial charge in [0.05, 0.1) is 6.42 Å². The van der Waals surface area contributed by atoms with E-state index in [0.29, 0.717) is 5.69 Å². The predicted octanol–water partition coefficient (Wildman–Crippen LogP) is 2.25. The number of H-pyrrole nitrogens is 1. The zero-order valence-corrected chi connectivity index (χ0v) is 11.9. The van der Waals surface area contributed by atoms with E-state index in [0.717, 1.165) is 11.3 Å². The molecule has 0 aliphatic heterocycles. The van der Waals surface area contributed by atoms with Crippen molar-refractivity contribution in [3.8, 4) is 0 Å². The number of carbonyl (C=O) groups excluding carboxylic acids is 1. The normalized spacial score (nSPS) is 10.8. The summed E-state index contributed by atoms with van der Waals surface area (Å²) in [4.78, 5) is 26.3. The lowest BCUT2D eigenvalue weighted by Crippen LogP contribution is -2.23. The summed E-state index contributed by atoms with van der Waals surface area (Å²) < 4.78 is 1.59. The molecule has 0 saturated heterocycles. The molecule has 0 spiro atoms. The number of nitrogens with zero attached hydrogens (tertiary/aromatic N) is 1. The van der Waals surface area contributed by atoms with Crippen LogP contribution in [0, 0.1) is 6.92 Å². The SMILES string of the molecule is Cc1ccc(NC(=O)Cc2c[nH]c(=O)n2C(C)C)cc1. The van der Waals surface area contributed by atoms with Gasteiger partial charge in [0.1, 0.15) is 0 Å². The molecular formula is C15H19N3O2. The summed E-state index contributed by atoms with van der Waals surface area (Å²) in [6.45, 7) is 5.82. The highest BCUT2D eigenvalue weighted by atomic mass is 16.2. The van der Waals surface area contributed by atoms with E-state index in [4.69, 9.17) is 0 Å². The van der Waals surface area contributed by atoms with E-state index in [2.05, 4.69) is 10.3 Å². The number of aryl methyl sites for hydroxylation is 1. The number of aromatic nitrogens is 2. The fourth-order valence-electron chi connectivity index (χ4n) is 2.12. The summed E-state index contributed by atoms with van der Waals surface area (Å²) in [6.07, 6.45) is 1.77. The number of imidazole rings is 1. The number of rotatable bonds is 4. The Labute approximate surface area is 117 Å². The standard InChI is InChI=1S/C15H19N3O2/c1-10(2)18-13(9-16-15(18)20)8-14(19)17-12-6-4-11(3)5-7-12/h4-7,9-10H,8H2,1-3H3,(H,16,20)(H,17,19). The van der Waals surface area contributed by atoms with Crippen LogP contribution in [0.2, 0.25) is 0 Å². The van der Waals surface area contributed by atoms with Crippen LogP contribution in [-0.4, -0.2) is 15.5 Å². The van der Waals surface area contributed by atoms with Gasteiger partial charge >= 0.3 is 5.69 Å². The lowest BCUT2D eigenvalue weighted by atomic mass is 10.2. The first-order valence-corrected chi connectivity index (χ1v) is 6.62. The Morgan fingerprint density at radius 3 is 2.55 bits per heavy atom. The fraction of sp³-hybridized carbons (Fsp3) is 0.333. The van der Waals surface area contributed by atoms with Crippen LogP contribution in [0.5, 0.6) is 0 Å².